The molecule has 2 aromatic carbocycles. The van der Waals surface area contributed by atoms with Gasteiger partial charge in [0.2, 0.25) is 0 Å². The third-order valence-electron chi connectivity index (χ3n) is 3.17. The molecule has 0 unspecified atom stereocenters. The highest BCUT2D eigenvalue weighted by molar-refractivity contribution is 14.1. The molecule has 0 atom stereocenters. The van der Waals surface area contributed by atoms with Gasteiger partial charge in [-0.05, 0) is 70.5 Å². The molecule has 0 heterocycles. The van der Waals surface area contributed by atoms with Crippen molar-refractivity contribution in [3.05, 3.63) is 68.8 Å². The molecule has 0 saturated carbocycles. The molecule has 0 aromatic heterocycles. The van der Waals surface area contributed by atoms with Gasteiger partial charge in [0.25, 0.3) is 5.91 Å². The van der Waals surface area contributed by atoms with E-state index in [-0.39, 0.29) is 5.57 Å². The number of nitriles is 1. The lowest BCUT2D eigenvalue weighted by Crippen LogP contribution is -2.13. The number of carbonyl (C=O) groups is 1. The molecule has 0 aliphatic heterocycles. The number of anilines is 1. The van der Waals surface area contributed by atoms with E-state index in [1.54, 1.807) is 6.08 Å². The molecule has 2 aromatic rings. The number of benzene rings is 2. The maximum Gasteiger partial charge on any atom is 0.266 e. The second kappa shape index (κ2) is 7.76. The van der Waals surface area contributed by atoms with Crippen molar-refractivity contribution in [2.24, 2.45) is 0 Å². The van der Waals surface area contributed by atoms with E-state index in [9.17, 15) is 10.1 Å². The average Bonchev–Trinajstić information content (AvgIpc) is 2.55. The van der Waals surface area contributed by atoms with Gasteiger partial charge in [-0.1, -0.05) is 31.2 Å². The van der Waals surface area contributed by atoms with E-state index in [0.29, 0.717) is 5.69 Å². The largest absolute Gasteiger partial charge is 0.321 e. The van der Waals surface area contributed by atoms with E-state index in [0.717, 1.165) is 15.6 Å². The fourth-order valence-electron chi connectivity index (χ4n) is 1.90. The Morgan fingerprint density at radius 3 is 2.36 bits per heavy atom. The van der Waals surface area contributed by atoms with E-state index >= 15 is 0 Å². The van der Waals surface area contributed by atoms with Crippen molar-refractivity contribution in [1.82, 2.24) is 0 Å². The maximum absolute atomic E-state index is 12.2. The lowest BCUT2D eigenvalue weighted by atomic mass is 10.1. The highest BCUT2D eigenvalue weighted by Crippen LogP contribution is 2.14. The smallest absolute Gasteiger partial charge is 0.266 e. The van der Waals surface area contributed by atoms with E-state index in [4.69, 9.17) is 0 Å². The van der Waals surface area contributed by atoms with Crippen molar-refractivity contribution in [1.29, 1.82) is 5.26 Å². The molecule has 2 rings (SSSR count). The molecule has 0 aliphatic carbocycles. The molecule has 1 amide bonds. The molecule has 0 bridgehead atoms. The van der Waals surface area contributed by atoms with Crippen LogP contribution in [0.5, 0.6) is 0 Å². The quantitative estimate of drug-likeness (QED) is 0.468. The molecule has 0 radical (unpaired) electrons. The first-order valence-electron chi connectivity index (χ1n) is 6.90. The van der Waals surface area contributed by atoms with Crippen molar-refractivity contribution < 1.29 is 4.79 Å². The zero-order chi connectivity index (χ0) is 15.9. The monoisotopic (exact) mass is 402 g/mol. The van der Waals surface area contributed by atoms with Crippen LogP contribution >= 0.6 is 22.6 Å². The predicted molar refractivity (Wildman–Crippen MR) is 97.2 cm³/mol. The first-order chi connectivity index (χ1) is 10.6. The summed E-state index contributed by atoms with van der Waals surface area (Å²) in [6.45, 7) is 2.07. The van der Waals surface area contributed by atoms with Crippen LogP contribution in [0.2, 0.25) is 0 Å². The van der Waals surface area contributed by atoms with Crippen LogP contribution in [0, 0.1) is 14.9 Å². The van der Waals surface area contributed by atoms with Crippen LogP contribution < -0.4 is 5.32 Å². The van der Waals surface area contributed by atoms with Crippen LogP contribution in [-0.4, -0.2) is 5.91 Å². The topological polar surface area (TPSA) is 52.9 Å². The Morgan fingerprint density at radius 2 is 1.82 bits per heavy atom. The maximum atomic E-state index is 12.2. The summed E-state index contributed by atoms with van der Waals surface area (Å²) in [4.78, 5) is 12.2. The normalized spacial score (nSPS) is 10.9. The van der Waals surface area contributed by atoms with Gasteiger partial charge in [-0.2, -0.15) is 5.26 Å². The van der Waals surface area contributed by atoms with Gasteiger partial charge in [0, 0.05) is 9.26 Å². The zero-order valence-electron chi connectivity index (χ0n) is 12.1. The summed E-state index contributed by atoms with van der Waals surface area (Å²) in [5.74, 6) is -0.398. The summed E-state index contributed by atoms with van der Waals surface area (Å²) < 4.78 is 1.11. The Kier molecular flexibility index (Phi) is 5.73. The van der Waals surface area contributed by atoms with Crippen molar-refractivity contribution in [3.63, 3.8) is 0 Å². The number of nitrogens with zero attached hydrogens (tertiary/aromatic N) is 1. The van der Waals surface area contributed by atoms with Gasteiger partial charge in [-0.25, -0.2) is 0 Å². The van der Waals surface area contributed by atoms with E-state index in [1.165, 1.54) is 5.56 Å². The van der Waals surface area contributed by atoms with Gasteiger partial charge in [-0.3, -0.25) is 4.79 Å². The van der Waals surface area contributed by atoms with Crippen molar-refractivity contribution in [2.75, 3.05) is 5.32 Å². The van der Waals surface area contributed by atoms with Gasteiger partial charge in [0.15, 0.2) is 0 Å². The molecular formula is C18H15IN2O. The molecule has 110 valence electrons. The molecule has 0 aliphatic rings. The number of hydrogen-bond acceptors (Lipinski definition) is 2. The molecule has 1 N–H and O–H groups in total. The summed E-state index contributed by atoms with van der Waals surface area (Å²) in [5, 5.41) is 11.9. The fraction of sp³-hybridized carbons (Fsp3) is 0.111. The van der Waals surface area contributed by atoms with Crippen LogP contribution in [0.25, 0.3) is 6.08 Å². The Hall–Kier alpha value is -2.13. The molecule has 0 fully saturated rings. The highest BCUT2D eigenvalue weighted by atomic mass is 127. The fourth-order valence-corrected chi connectivity index (χ4v) is 2.26. The second-order valence-electron chi connectivity index (χ2n) is 4.73. The minimum atomic E-state index is -0.398. The van der Waals surface area contributed by atoms with Gasteiger partial charge in [0.1, 0.15) is 11.6 Å². The Morgan fingerprint density at radius 1 is 1.18 bits per heavy atom. The summed E-state index contributed by atoms with van der Waals surface area (Å²) in [7, 11) is 0. The minimum Gasteiger partial charge on any atom is -0.321 e. The van der Waals surface area contributed by atoms with Crippen LogP contribution in [-0.2, 0) is 11.2 Å². The SMILES string of the molecule is CCc1ccc(NC(=O)/C(C#N)=C/c2ccc(I)cc2)cc1. The van der Waals surface area contributed by atoms with Crippen molar-refractivity contribution in [2.45, 2.75) is 13.3 Å². The molecule has 3 nitrogen and oxygen atoms in total. The number of nitrogens with one attached hydrogen (secondary N) is 1. The highest BCUT2D eigenvalue weighted by Gasteiger charge is 2.09. The lowest BCUT2D eigenvalue weighted by Gasteiger charge is -2.05. The number of carbonyl (C=O) groups excluding carboxylic acids is 1. The second-order valence-corrected chi connectivity index (χ2v) is 5.97. The number of halogens is 1. The Labute approximate surface area is 143 Å². The third kappa shape index (κ3) is 4.43. The molecular weight excluding hydrogens is 387 g/mol. The van der Waals surface area contributed by atoms with Crippen LogP contribution in [0.4, 0.5) is 5.69 Å². The molecule has 22 heavy (non-hydrogen) atoms. The van der Waals surface area contributed by atoms with E-state index in [1.807, 2.05) is 54.6 Å². The first kappa shape index (κ1) is 16.2. The average molecular weight is 402 g/mol. The van der Waals surface area contributed by atoms with E-state index < -0.39 is 5.91 Å². The molecule has 0 spiro atoms. The number of amides is 1. The summed E-state index contributed by atoms with van der Waals surface area (Å²) in [5.41, 5.74) is 2.80. The van der Waals surface area contributed by atoms with Gasteiger partial charge >= 0.3 is 0 Å². The van der Waals surface area contributed by atoms with E-state index in [2.05, 4.69) is 34.8 Å². The van der Waals surface area contributed by atoms with Crippen LogP contribution in [0.1, 0.15) is 18.1 Å². The molecule has 0 saturated heterocycles. The molecule has 4 heteroatoms. The summed E-state index contributed by atoms with van der Waals surface area (Å²) in [6.07, 6.45) is 2.54. The number of rotatable bonds is 4. The van der Waals surface area contributed by atoms with Crippen molar-refractivity contribution >= 4 is 40.3 Å². The number of hydrogen-bond donors (Lipinski definition) is 1. The predicted octanol–water partition coefficient (Wildman–Crippen LogP) is 4.40. The Bertz CT molecular complexity index is 725. The van der Waals surface area contributed by atoms with Crippen molar-refractivity contribution in [3.8, 4) is 6.07 Å². The number of aryl methyl sites for hydroxylation is 1. The minimum absolute atomic E-state index is 0.0841. The third-order valence-corrected chi connectivity index (χ3v) is 3.89. The van der Waals surface area contributed by atoms with Gasteiger partial charge in [0.05, 0.1) is 0 Å². The van der Waals surface area contributed by atoms with Crippen LogP contribution in [0.15, 0.2) is 54.1 Å². The Balaban J connectivity index is 2.14. The van der Waals surface area contributed by atoms with Gasteiger partial charge < -0.3 is 5.32 Å². The van der Waals surface area contributed by atoms with Crippen LogP contribution in [0.3, 0.4) is 0 Å². The standard InChI is InChI=1S/C18H15IN2O/c1-2-13-5-9-17(10-6-13)21-18(22)15(12-20)11-14-3-7-16(19)8-4-14/h3-11H,2H2,1H3,(H,21,22)/b15-11+. The van der Waals surface area contributed by atoms with Gasteiger partial charge in [-0.15, -0.1) is 0 Å². The first-order valence-corrected chi connectivity index (χ1v) is 7.98. The zero-order valence-corrected chi connectivity index (χ0v) is 14.3. The summed E-state index contributed by atoms with van der Waals surface area (Å²) in [6, 6.07) is 17.2. The summed E-state index contributed by atoms with van der Waals surface area (Å²) >= 11 is 2.21. The lowest BCUT2D eigenvalue weighted by molar-refractivity contribution is -0.112.